The first-order valence-corrected chi connectivity index (χ1v) is 27.3. The van der Waals surface area contributed by atoms with Gasteiger partial charge in [-0.25, -0.2) is 0 Å². The second-order valence-electron chi connectivity index (χ2n) is 21.6. The van der Waals surface area contributed by atoms with Crippen LogP contribution in [0.5, 0.6) is 17.2 Å². The molecule has 9 rings (SSSR count). The highest BCUT2D eigenvalue weighted by atomic mass is 16.5. The van der Waals surface area contributed by atoms with Gasteiger partial charge in [0.05, 0.1) is 40.2 Å². The maximum Gasteiger partial charge on any atom is 0.200 e. The zero-order valence-electron chi connectivity index (χ0n) is 43.7. The second kappa shape index (κ2) is 22.6. The minimum atomic E-state index is -0.557. The maximum atomic E-state index is 15.5. The monoisotopic (exact) mass is 965 g/mol. The molecule has 0 amide bonds. The number of nitrogens with one attached hydrogen (secondary N) is 2. The molecule has 2 fully saturated rings. The summed E-state index contributed by atoms with van der Waals surface area (Å²) in [5, 5.41) is 32.1. The molecule has 7 heteroatoms. The van der Waals surface area contributed by atoms with Gasteiger partial charge in [0.2, 0.25) is 11.6 Å². The Bertz CT molecular complexity index is 2890. The molecule has 0 atom stereocenters. The van der Waals surface area contributed by atoms with Crippen molar-refractivity contribution in [3.8, 4) is 39.5 Å². The Morgan fingerprint density at radius 1 is 0.486 bits per heavy atom. The summed E-state index contributed by atoms with van der Waals surface area (Å²) in [6, 6.07) is 31.5. The molecule has 0 heterocycles. The number of aryl methyl sites for hydroxylation is 4. The molecule has 0 unspecified atom stereocenters. The molecular weight excluding hydrogens is 889 g/mol. The predicted octanol–water partition coefficient (Wildman–Crippen LogP) is 17.5. The summed E-state index contributed by atoms with van der Waals surface area (Å²) < 4.78 is 6.61. The van der Waals surface area contributed by atoms with Crippen LogP contribution in [0.1, 0.15) is 182 Å². The Balaban J connectivity index is 1.09. The fourth-order valence-corrected chi connectivity index (χ4v) is 12.2. The lowest BCUT2D eigenvalue weighted by Crippen LogP contribution is -2.24. The fourth-order valence-electron chi connectivity index (χ4n) is 12.2. The van der Waals surface area contributed by atoms with Gasteiger partial charge in [0.15, 0.2) is 0 Å². The van der Waals surface area contributed by atoms with E-state index in [0.29, 0.717) is 46.5 Å². The number of carbonyl (C=O) groups is 2. The van der Waals surface area contributed by atoms with Gasteiger partial charge in [-0.15, -0.1) is 0 Å². The highest BCUT2D eigenvalue weighted by Crippen LogP contribution is 2.51. The van der Waals surface area contributed by atoms with Crippen molar-refractivity contribution in [3.05, 3.63) is 147 Å². The average Bonchev–Trinajstić information content (AvgIpc) is 3.38. The van der Waals surface area contributed by atoms with Crippen molar-refractivity contribution in [1.29, 1.82) is 0 Å². The molecule has 376 valence electrons. The first kappa shape index (κ1) is 50.6. The van der Waals surface area contributed by atoms with Crippen LogP contribution in [0.25, 0.3) is 22.3 Å². The summed E-state index contributed by atoms with van der Waals surface area (Å²) in [7, 11) is 0. The predicted molar refractivity (Wildman–Crippen MR) is 296 cm³/mol. The average molecular weight is 965 g/mol. The van der Waals surface area contributed by atoms with Crippen molar-refractivity contribution < 1.29 is 24.5 Å². The Hall–Kier alpha value is -6.34. The van der Waals surface area contributed by atoms with Crippen molar-refractivity contribution in [2.45, 2.75) is 150 Å². The summed E-state index contributed by atoms with van der Waals surface area (Å²) in [5.74, 6) is 1.84. The number of hydrogen-bond donors (Lipinski definition) is 4. The molecule has 7 nitrogen and oxygen atoms in total. The van der Waals surface area contributed by atoms with E-state index >= 15 is 9.59 Å². The van der Waals surface area contributed by atoms with E-state index in [4.69, 9.17) is 4.74 Å². The van der Waals surface area contributed by atoms with Crippen LogP contribution in [0.4, 0.5) is 22.7 Å². The van der Waals surface area contributed by atoms with Gasteiger partial charge in [0, 0.05) is 22.5 Å². The van der Waals surface area contributed by atoms with E-state index in [1.54, 1.807) is 12.1 Å². The Morgan fingerprint density at radius 3 is 1.40 bits per heavy atom. The lowest BCUT2D eigenvalue weighted by atomic mass is 9.76. The quantitative estimate of drug-likeness (QED) is 0.0501. The molecule has 2 saturated carbocycles. The number of unbranched alkanes of at least 4 members (excludes halogenated alkanes) is 4. The van der Waals surface area contributed by atoms with Crippen molar-refractivity contribution in [3.63, 3.8) is 0 Å². The van der Waals surface area contributed by atoms with Gasteiger partial charge in [-0.05, 0) is 165 Å². The number of hydrogen-bond acceptors (Lipinski definition) is 7. The van der Waals surface area contributed by atoms with E-state index in [9.17, 15) is 10.2 Å². The standard InChI is InChI=1S/C65H76N2O5/c1-7-9-11-19-44-23-25-46(26-24-44)39-72-65-42(5)35-50(36-43(65)6)52-38-56(67-54-22-16-14-18-41(54)4)58-60(62(52)69)64(71)57-55(66-53-21-15-13-17-40(53)3)37-51(61(68)59(57)63(58)70)49-33-31-48(32-34-49)47-29-27-45(28-30-47)20-12-10-8-2/h13-18,21-22,31-38,44-47,66-69H,7-12,19-20,23-30,39H2,1-6H3. The number of para-hydroxylation sites is 2. The van der Waals surface area contributed by atoms with Crippen LogP contribution in [-0.4, -0.2) is 28.4 Å². The minimum Gasteiger partial charge on any atom is -0.506 e. The van der Waals surface area contributed by atoms with Crippen LogP contribution in [0, 0.1) is 45.4 Å². The first-order chi connectivity index (χ1) is 34.9. The van der Waals surface area contributed by atoms with E-state index < -0.39 is 11.6 Å². The Morgan fingerprint density at radius 2 is 0.931 bits per heavy atom. The third-order valence-corrected chi connectivity index (χ3v) is 16.5. The Labute approximate surface area is 428 Å². The van der Waals surface area contributed by atoms with Crippen molar-refractivity contribution in [2.24, 2.45) is 17.8 Å². The molecule has 0 saturated heterocycles. The molecule has 0 aromatic heterocycles. The van der Waals surface area contributed by atoms with Crippen LogP contribution in [0.2, 0.25) is 0 Å². The zero-order valence-corrected chi connectivity index (χ0v) is 43.7. The number of aromatic hydroxyl groups is 2. The molecule has 3 aliphatic rings. The van der Waals surface area contributed by atoms with Gasteiger partial charge in [-0.1, -0.05) is 139 Å². The number of ether oxygens (including phenoxy) is 1. The number of anilines is 4. The number of phenolic OH excluding ortho intramolecular Hbond substituents is 2. The van der Waals surface area contributed by atoms with E-state index in [0.717, 1.165) is 56.8 Å². The SMILES string of the molecule is CCCCCC1CCC(COc2c(C)cc(-c3cc(Nc4ccccc4C)c4c(c3O)C(=O)c3c(Nc5ccccc5C)cc(-c5ccc(C6CCC(CCCCC)CC6)cc5)c(O)c3C4=O)cc2C)CC1. The fraction of sp³-hybridized carbons (Fsp3) is 0.415. The smallest absolute Gasteiger partial charge is 0.200 e. The summed E-state index contributed by atoms with van der Waals surface area (Å²) in [5.41, 5.74) is 9.39. The number of ketones is 2. The van der Waals surface area contributed by atoms with Crippen molar-refractivity contribution >= 4 is 34.3 Å². The van der Waals surface area contributed by atoms with Crippen LogP contribution >= 0.6 is 0 Å². The van der Waals surface area contributed by atoms with E-state index in [1.807, 2.05) is 100 Å². The molecule has 3 aliphatic carbocycles. The van der Waals surface area contributed by atoms with Gasteiger partial charge < -0.3 is 25.6 Å². The first-order valence-electron chi connectivity index (χ1n) is 27.3. The molecule has 72 heavy (non-hydrogen) atoms. The molecular formula is C65H76N2O5. The number of phenols is 2. The van der Waals surface area contributed by atoms with Crippen LogP contribution in [0.3, 0.4) is 0 Å². The number of fused-ring (bicyclic) bond motifs is 2. The molecule has 0 radical (unpaired) electrons. The third kappa shape index (κ3) is 10.7. The highest BCUT2D eigenvalue weighted by molar-refractivity contribution is 6.35. The van der Waals surface area contributed by atoms with Crippen LogP contribution in [0.15, 0.2) is 97.1 Å². The second-order valence-corrected chi connectivity index (χ2v) is 21.6. The largest absolute Gasteiger partial charge is 0.506 e. The van der Waals surface area contributed by atoms with Gasteiger partial charge in [-0.2, -0.15) is 0 Å². The minimum absolute atomic E-state index is 0.0143. The molecule has 6 aromatic rings. The molecule has 4 N–H and O–H groups in total. The highest BCUT2D eigenvalue weighted by Gasteiger charge is 2.41. The van der Waals surface area contributed by atoms with Crippen LogP contribution in [-0.2, 0) is 0 Å². The topological polar surface area (TPSA) is 108 Å². The molecule has 0 aliphatic heterocycles. The summed E-state index contributed by atoms with van der Waals surface area (Å²) in [4.78, 5) is 31.1. The van der Waals surface area contributed by atoms with E-state index in [1.165, 1.54) is 108 Å². The van der Waals surface area contributed by atoms with Gasteiger partial charge in [0.1, 0.15) is 17.2 Å². The van der Waals surface area contributed by atoms with E-state index in [-0.39, 0.29) is 33.8 Å². The molecule has 0 bridgehead atoms. The number of carbonyl (C=O) groups excluding carboxylic acids is 2. The van der Waals surface area contributed by atoms with Crippen molar-refractivity contribution in [2.75, 3.05) is 17.2 Å². The number of rotatable bonds is 18. The van der Waals surface area contributed by atoms with E-state index in [2.05, 4.69) is 36.6 Å². The van der Waals surface area contributed by atoms with Gasteiger partial charge >= 0.3 is 0 Å². The third-order valence-electron chi connectivity index (χ3n) is 16.5. The zero-order chi connectivity index (χ0) is 50.5. The van der Waals surface area contributed by atoms with Gasteiger partial charge in [0.25, 0.3) is 0 Å². The normalized spacial score (nSPS) is 18.6. The summed E-state index contributed by atoms with van der Waals surface area (Å²) in [6.45, 7) is 13.2. The summed E-state index contributed by atoms with van der Waals surface area (Å²) in [6.07, 6.45) is 20.3. The Kier molecular flexibility index (Phi) is 15.9. The summed E-state index contributed by atoms with van der Waals surface area (Å²) >= 11 is 0. The van der Waals surface area contributed by atoms with Crippen LogP contribution < -0.4 is 15.4 Å². The van der Waals surface area contributed by atoms with Gasteiger partial charge in [-0.3, -0.25) is 9.59 Å². The molecule has 0 spiro atoms. The molecule has 6 aromatic carbocycles. The maximum absolute atomic E-state index is 15.5. The lowest BCUT2D eigenvalue weighted by Gasteiger charge is -2.29. The van der Waals surface area contributed by atoms with Crippen molar-refractivity contribution in [1.82, 2.24) is 0 Å². The number of benzene rings is 6. The lowest BCUT2D eigenvalue weighted by molar-refractivity contribution is 0.0975.